The Bertz CT molecular complexity index is 1820. The lowest BCUT2D eigenvalue weighted by Crippen LogP contribution is -2.22. The van der Waals surface area contributed by atoms with E-state index in [0.717, 1.165) is 22.0 Å². The Kier molecular flexibility index (Phi) is 6.12. The van der Waals surface area contributed by atoms with E-state index < -0.39 is 5.25 Å². The van der Waals surface area contributed by atoms with Gasteiger partial charge in [0, 0.05) is 11.1 Å². The minimum atomic E-state index is -0.543. The summed E-state index contributed by atoms with van der Waals surface area (Å²) in [5.41, 5.74) is 4.23. The molecule has 0 aliphatic carbocycles. The fraction of sp³-hybridized carbons (Fsp3) is 0.0667. The number of amides is 1. The van der Waals surface area contributed by atoms with Crippen LogP contribution in [0.3, 0.4) is 0 Å². The molecule has 7 nitrogen and oxygen atoms in total. The first-order valence-corrected chi connectivity index (χ1v) is 12.9. The van der Waals surface area contributed by atoms with Gasteiger partial charge in [-0.25, -0.2) is 0 Å². The fourth-order valence-electron chi connectivity index (χ4n) is 4.41. The van der Waals surface area contributed by atoms with Crippen molar-refractivity contribution in [1.29, 1.82) is 5.26 Å². The molecule has 0 bridgehead atoms. The molecule has 1 atom stereocenters. The van der Waals surface area contributed by atoms with Crippen LogP contribution in [0.5, 0.6) is 0 Å². The zero-order valence-corrected chi connectivity index (χ0v) is 21.1. The molecule has 3 heterocycles. The third-order valence-corrected chi connectivity index (χ3v) is 7.30. The second-order valence-electron chi connectivity index (χ2n) is 8.67. The number of thioether (sulfide) groups is 1. The molecule has 0 spiro atoms. The van der Waals surface area contributed by atoms with Gasteiger partial charge in [0.05, 0.1) is 10.8 Å². The van der Waals surface area contributed by atoms with Gasteiger partial charge in [-0.3, -0.25) is 14.5 Å². The van der Waals surface area contributed by atoms with Crippen molar-refractivity contribution in [3.63, 3.8) is 0 Å². The number of benzene rings is 3. The molecule has 0 aliphatic rings. The predicted molar refractivity (Wildman–Crippen MR) is 149 cm³/mol. The number of rotatable bonds is 6. The average Bonchev–Trinajstić information content (AvgIpc) is 3.55. The Balaban J connectivity index is 1.34. The summed E-state index contributed by atoms with van der Waals surface area (Å²) in [7, 11) is 0. The van der Waals surface area contributed by atoms with E-state index in [-0.39, 0.29) is 17.4 Å². The van der Waals surface area contributed by atoms with Crippen molar-refractivity contribution in [2.24, 2.45) is 0 Å². The van der Waals surface area contributed by atoms with Crippen LogP contribution in [0, 0.1) is 11.3 Å². The molecule has 1 amide bonds. The summed E-state index contributed by atoms with van der Waals surface area (Å²) in [5, 5.41) is 22.7. The van der Waals surface area contributed by atoms with Gasteiger partial charge in [-0.05, 0) is 36.1 Å². The molecule has 38 heavy (non-hydrogen) atoms. The number of furan rings is 1. The number of para-hydroxylation sites is 1. The number of anilines is 1. The van der Waals surface area contributed by atoms with Crippen LogP contribution in [0.25, 0.3) is 39.0 Å². The van der Waals surface area contributed by atoms with Crippen LogP contribution in [0.15, 0.2) is 107 Å². The van der Waals surface area contributed by atoms with Crippen LogP contribution < -0.4 is 5.32 Å². The van der Waals surface area contributed by atoms with E-state index in [1.807, 2.05) is 101 Å². The molecule has 1 unspecified atom stereocenters. The van der Waals surface area contributed by atoms with Gasteiger partial charge in [0.2, 0.25) is 11.8 Å². The molecule has 1 N–H and O–H groups in total. The number of nitrogens with zero attached hydrogens (tertiary/aromatic N) is 4. The quantitative estimate of drug-likeness (QED) is 0.245. The zero-order chi connectivity index (χ0) is 26.1. The first-order chi connectivity index (χ1) is 18.6. The Morgan fingerprint density at radius 2 is 1.61 bits per heavy atom. The summed E-state index contributed by atoms with van der Waals surface area (Å²) in [5.74, 6) is 0.342. The van der Waals surface area contributed by atoms with Crippen molar-refractivity contribution in [2.75, 3.05) is 5.32 Å². The largest absolute Gasteiger partial charge is 0.438 e. The average molecular weight is 516 g/mol. The highest BCUT2D eigenvalue weighted by molar-refractivity contribution is 8.00. The molecule has 0 saturated carbocycles. The van der Waals surface area contributed by atoms with E-state index in [1.165, 1.54) is 11.8 Å². The number of pyridine rings is 1. The number of carbonyl (C=O) groups excluding carboxylic acids is 1. The van der Waals surface area contributed by atoms with Crippen LogP contribution in [-0.2, 0) is 4.79 Å². The second kappa shape index (κ2) is 9.88. The van der Waals surface area contributed by atoms with E-state index in [2.05, 4.69) is 21.6 Å². The summed E-state index contributed by atoms with van der Waals surface area (Å²) in [6.07, 6.45) is 0. The number of fused-ring (bicyclic) bond motifs is 3. The van der Waals surface area contributed by atoms with Gasteiger partial charge in [0.25, 0.3) is 0 Å². The van der Waals surface area contributed by atoms with Crippen molar-refractivity contribution in [1.82, 2.24) is 14.6 Å². The lowest BCUT2D eigenvalue weighted by atomic mass is 9.98. The van der Waals surface area contributed by atoms with E-state index in [1.54, 1.807) is 6.92 Å². The maximum Gasteiger partial charge on any atom is 0.240 e. The molecule has 0 aliphatic heterocycles. The Hall–Kier alpha value is -4.87. The van der Waals surface area contributed by atoms with Crippen LogP contribution in [0.1, 0.15) is 12.5 Å². The highest BCUT2D eigenvalue weighted by atomic mass is 32.2. The minimum Gasteiger partial charge on any atom is -0.438 e. The maximum atomic E-state index is 13.3. The van der Waals surface area contributed by atoms with E-state index >= 15 is 0 Å². The molecule has 0 radical (unpaired) electrons. The van der Waals surface area contributed by atoms with Crippen LogP contribution >= 0.6 is 11.8 Å². The Labute approximate surface area is 222 Å². The van der Waals surface area contributed by atoms with Gasteiger partial charge in [0.15, 0.2) is 10.8 Å². The summed E-state index contributed by atoms with van der Waals surface area (Å²) in [4.78, 5) is 13.3. The summed E-state index contributed by atoms with van der Waals surface area (Å²) >= 11 is 1.29. The zero-order valence-electron chi connectivity index (χ0n) is 20.3. The molecule has 6 aromatic rings. The minimum absolute atomic E-state index is 0.124. The van der Waals surface area contributed by atoms with Crippen molar-refractivity contribution in [3.8, 4) is 28.5 Å². The van der Waals surface area contributed by atoms with E-state index in [9.17, 15) is 10.1 Å². The SMILES string of the molecule is CC(Sc1nnc2ccc3ccccc3n12)C(=O)Nc1oc(-c2ccccc2)c(-c2ccccc2)c1C#N. The first kappa shape index (κ1) is 23.5. The van der Waals surface area contributed by atoms with Crippen LogP contribution in [0.4, 0.5) is 5.88 Å². The number of nitriles is 1. The van der Waals surface area contributed by atoms with Gasteiger partial charge in [-0.15, -0.1) is 10.2 Å². The van der Waals surface area contributed by atoms with E-state index in [0.29, 0.717) is 22.1 Å². The summed E-state index contributed by atoms with van der Waals surface area (Å²) < 4.78 is 8.11. The van der Waals surface area contributed by atoms with Gasteiger partial charge >= 0.3 is 0 Å². The molecule has 3 aromatic carbocycles. The lowest BCUT2D eigenvalue weighted by molar-refractivity contribution is -0.115. The van der Waals surface area contributed by atoms with Gasteiger partial charge in [0.1, 0.15) is 17.4 Å². The van der Waals surface area contributed by atoms with Crippen LogP contribution in [-0.4, -0.2) is 25.8 Å². The molecule has 8 heteroatoms. The third-order valence-electron chi connectivity index (χ3n) is 6.25. The van der Waals surface area contributed by atoms with Crippen LogP contribution in [0.2, 0.25) is 0 Å². The molecule has 0 saturated heterocycles. The number of aromatic nitrogens is 3. The topological polar surface area (TPSA) is 96.2 Å². The molecule has 184 valence electrons. The Morgan fingerprint density at radius 1 is 0.921 bits per heavy atom. The molecule has 3 aromatic heterocycles. The summed E-state index contributed by atoms with van der Waals surface area (Å²) in [6.45, 7) is 1.79. The van der Waals surface area contributed by atoms with Crippen molar-refractivity contribution < 1.29 is 9.21 Å². The maximum absolute atomic E-state index is 13.3. The lowest BCUT2D eigenvalue weighted by Gasteiger charge is -2.10. The normalized spacial score (nSPS) is 11.9. The van der Waals surface area contributed by atoms with E-state index in [4.69, 9.17) is 4.42 Å². The predicted octanol–water partition coefficient (Wildman–Crippen LogP) is 6.80. The highest BCUT2D eigenvalue weighted by Crippen LogP contribution is 2.41. The van der Waals surface area contributed by atoms with Gasteiger partial charge < -0.3 is 4.42 Å². The van der Waals surface area contributed by atoms with Gasteiger partial charge in [-0.2, -0.15) is 5.26 Å². The highest BCUT2D eigenvalue weighted by Gasteiger charge is 2.26. The number of carbonyl (C=O) groups is 1. The fourth-order valence-corrected chi connectivity index (χ4v) is 5.28. The number of hydrogen-bond acceptors (Lipinski definition) is 6. The smallest absolute Gasteiger partial charge is 0.240 e. The summed E-state index contributed by atoms with van der Waals surface area (Å²) in [6, 6.07) is 33.2. The molecular formula is C30H21N5O2S. The number of nitrogens with one attached hydrogen (secondary N) is 1. The molecule has 6 rings (SSSR count). The van der Waals surface area contributed by atoms with Crippen molar-refractivity contribution in [2.45, 2.75) is 17.3 Å². The van der Waals surface area contributed by atoms with Gasteiger partial charge in [-0.1, -0.05) is 90.6 Å². The first-order valence-electron chi connectivity index (χ1n) is 12.0. The molecule has 0 fully saturated rings. The Morgan fingerprint density at radius 3 is 2.34 bits per heavy atom. The second-order valence-corrected chi connectivity index (χ2v) is 9.98. The van der Waals surface area contributed by atoms with Crippen molar-refractivity contribution >= 4 is 40.1 Å². The number of hydrogen-bond donors (Lipinski definition) is 1. The van der Waals surface area contributed by atoms with Crippen molar-refractivity contribution in [3.05, 3.63) is 103 Å². The monoisotopic (exact) mass is 515 g/mol. The third kappa shape index (κ3) is 4.19. The molecular weight excluding hydrogens is 494 g/mol. The standard InChI is InChI=1S/C30H21N5O2S/c1-19(38-30-34-33-25-17-16-20-10-8-9-15-24(20)35(25)30)28(36)32-29-23(18-31)26(21-11-4-2-5-12-21)27(37-29)22-13-6-3-7-14-22/h2-17,19H,1H3,(H,32,36).